The van der Waals surface area contributed by atoms with Crippen molar-refractivity contribution in [2.45, 2.75) is 11.3 Å². The SMILES string of the molecule is CN1CCCS(=O)c2ccccc21. The number of benzene rings is 1. The van der Waals surface area contributed by atoms with Crippen LogP contribution in [0.3, 0.4) is 0 Å². The van der Waals surface area contributed by atoms with Crippen molar-refractivity contribution in [3.63, 3.8) is 0 Å². The average Bonchev–Trinajstić information content (AvgIpc) is 2.29. The Bertz CT molecular complexity index is 337. The molecular weight excluding hydrogens is 182 g/mol. The van der Waals surface area contributed by atoms with E-state index in [1.54, 1.807) is 0 Å². The molecule has 0 saturated heterocycles. The van der Waals surface area contributed by atoms with Crippen molar-refractivity contribution in [1.82, 2.24) is 0 Å². The van der Waals surface area contributed by atoms with Gasteiger partial charge in [0.1, 0.15) is 0 Å². The van der Waals surface area contributed by atoms with Gasteiger partial charge in [-0.05, 0) is 18.6 Å². The maximum Gasteiger partial charge on any atom is 0.0621 e. The first kappa shape index (κ1) is 8.75. The fourth-order valence-corrected chi connectivity index (χ4v) is 2.93. The van der Waals surface area contributed by atoms with Crippen LogP contribution in [0, 0.1) is 0 Å². The van der Waals surface area contributed by atoms with Crippen molar-refractivity contribution in [2.24, 2.45) is 0 Å². The van der Waals surface area contributed by atoms with E-state index in [9.17, 15) is 4.21 Å². The van der Waals surface area contributed by atoms with Gasteiger partial charge in [0.2, 0.25) is 0 Å². The lowest BCUT2D eigenvalue weighted by atomic mass is 10.3. The highest BCUT2D eigenvalue weighted by molar-refractivity contribution is 7.85. The zero-order valence-corrected chi connectivity index (χ0v) is 8.51. The molecule has 1 aliphatic rings. The summed E-state index contributed by atoms with van der Waals surface area (Å²) in [6, 6.07) is 7.96. The number of nitrogens with zero attached hydrogens (tertiary/aromatic N) is 1. The van der Waals surface area contributed by atoms with Crippen LogP contribution in [-0.2, 0) is 10.8 Å². The molecule has 2 nitrogen and oxygen atoms in total. The van der Waals surface area contributed by atoms with Gasteiger partial charge in [-0.3, -0.25) is 4.21 Å². The van der Waals surface area contributed by atoms with Crippen LogP contribution in [-0.4, -0.2) is 23.6 Å². The van der Waals surface area contributed by atoms with Crippen molar-refractivity contribution < 1.29 is 4.21 Å². The number of hydrogen-bond donors (Lipinski definition) is 0. The summed E-state index contributed by atoms with van der Waals surface area (Å²) in [5.41, 5.74) is 1.12. The second kappa shape index (κ2) is 3.50. The monoisotopic (exact) mass is 195 g/mol. The fourth-order valence-electron chi connectivity index (χ4n) is 1.63. The fraction of sp³-hybridized carbons (Fsp3) is 0.400. The Morgan fingerprint density at radius 3 is 3.00 bits per heavy atom. The lowest BCUT2D eigenvalue weighted by Crippen LogP contribution is -2.17. The second-order valence-electron chi connectivity index (χ2n) is 3.29. The van der Waals surface area contributed by atoms with E-state index >= 15 is 0 Å². The summed E-state index contributed by atoms with van der Waals surface area (Å²) < 4.78 is 11.7. The Kier molecular flexibility index (Phi) is 2.36. The van der Waals surface area contributed by atoms with Crippen LogP contribution in [0.4, 0.5) is 5.69 Å². The quantitative estimate of drug-likeness (QED) is 0.627. The summed E-state index contributed by atoms with van der Waals surface area (Å²) in [7, 11) is 1.26. The van der Waals surface area contributed by atoms with Crippen molar-refractivity contribution in [2.75, 3.05) is 24.2 Å². The number of fused-ring (bicyclic) bond motifs is 1. The third-order valence-electron chi connectivity index (χ3n) is 2.35. The van der Waals surface area contributed by atoms with Crippen molar-refractivity contribution in [1.29, 1.82) is 0 Å². The predicted molar refractivity (Wildman–Crippen MR) is 55.6 cm³/mol. The highest BCUT2D eigenvalue weighted by atomic mass is 32.2. The van der Waals surface area contributed by atoms with Crippen LogP contribution in [0.5, 0.6) is 0 Å². The smallest absolute Gasteiger partial charge is 0.0621 e. The molecule has 1 heterocycles. The van der Waals surface area contributed by atoms with Crippen LogP contribution >= 0.6 is 0 Å². The Labute approximate surface area is 81.0 Å². The molecule has 0 aromatic heterocycles. The van der Waals surface area contributed by atoms with Gasteiger partial charge < -0.3 is 4.90 Å². The van der Waals surface area contributed by atoms with E-state index in [0.29, 0.717) is 0 Å². The molecule has 13 heavy (non-hydrogen) atoms. The van der Waals surface area contributed by atoms with Crippen LogP contribution in [0.15, 0.2) is 29.2 Å². The topological polar surface area (TPSA) is 20.3 Å². The van der Waals surface area contributed by atoms with E-state index in [0.717, 1.165) is 29.3 Å². The van der Waals surface area contributed by atoms with E-state index in [4.69, 9.17) is 0 Å². The van der Waals surface area contributed by atoms with Crippen LogP contribution < -0.4 is 4.90 Å². The molecule has 1 unspecified atom stereocenters. The number of hydrogen-bond acceptors (Lipinski definition) is 2. The first-order valence-corrected chi connectivity index (χ1v) is 5.79. The first-order valence-electron chi connectivity index (χ1n) is 4.47. The molecule has 1 atom stereocenters. The maximum atomic E-state index is 11.7. The van der Waals surface area contributed by atoms with E-state index in [1.165, 1.54) is 0 Å². The van der Waals surface area contributed by atoms with E-state index in [1.807, 2.05) is 24.3 Å². The highest BCUT2D eigenvalue weighted by Crippen LogP contribution is 2.25. The largest absolute Gasteiger partial charge is 0.374 e. The number of para-hydroxylation sites is 1. The van der Waals surface area contributed by atoms with Crippen molar-refractivity contribution in [3.05, 3.63) is 24.3 Å². The molecule has 70 valence electrons. The second-order valence-corrected chi connectivity index (χ2v) is 4.83. The maximum absolute atomic E-state index is 11.7. The molecule has 0 fully saturated rings. The standard InChI is InChI=1S/C10H13NOS/c1-11-7-4-8-13(12)10-6-3-2-5-9(10)11/h2-3,5-6H,4,7-8H2,1H3. The summed E-state index contributed by atoms with van der Waals surface area (Å²) in [5.74, 6) is 0.793. The summed E-state index contributed by atoms with van der Waals surface area (Å²) in [6.07, 6.45) is 1.01. The minimum atomic E-state index is -0.795. The van der Waals surface area contributed by atoms with E-state index in [-0.39, 0.29) is 0 Å². The van der Waals surface area contributed by atoms with Gasteiger partial charge in [0.25, 0.3) is 0 Å². The number of anilines is 1. The van der Waals surface area contributed by atoms with Crippen LogP contribution in [0.25, 0.3) is 0 Å². The Hall–Kier alpha value is -0.830. The van der Waals surface area contributed by atoms with E-state index in [2.05, 4.69) is 11.9 Å². The zero-order chi connectivity index (χ0) is 9.26. The van der Waals surface area contributed by atoms with Crippen LogP contribution in [0.1, 0.15) is 6.42 Å². The summed E-state index contributed by atoms with van der Waals surface area (Å²) in [5, 5.41) is 0. The molecule has 0 amide bonds. The molecule has 0 aliphatic carbocycles. The van der Waals surface area contributed by atoms with E-state index < -0.39 is 10.8 Å². The summed E-state index contributed by atoms with van der Waals surface area (Å²) in [6.45, 7) is 1.00. The lowest BCUT2D eigenvalue weighted by molar-refractivity contribution is 0.682. The molecule has 1 aromatic carbocycles. The first-order chi connectivity index (χ1) is 6.29. The molecular formula is C10H13NOS. The molecule has 1 aliphatic heterocycles. The summed E-state index contributed by atoms with van der Waals surface area (Å²) in [4.78, 5) is 3.17. The van der Waals surface area contributed by atoms with Gasteiger partial charge in [0.15, 0.2) is 0 Å². The molecule has 1 aromatic rings. The molecule has 0 saturated carbocycles. The Morgan fingerprint density at radius 1 is 1.38 bits per heavy atom. The highest BCUT2D eigenvalue weighted by Gasteiger charge is 2.16. The predicted octanol–water partition coefficient (Wildman–Crippen LogP) is 1.63. The normalized spacial score (nSPS) is 22.2. The summed E-state index contributed by atoms with van der Waals surface area (Å²) >= 11 is 0. The zero-order valence-electron chi connectivity index (χ0n) is 7.69. The minimum absolute atomic E-state index is 0.793. The lowest BCUT2D eigenvalue weighted by Gasteiger charge is -2.17. The molecule has 2 rings (SSSR count). The number of rotatable bonds is 0. The van der Waals surface area contributed by atoms with Crippen LogP contribution in [0.2, 0.25) is 0 Å². The van der Waals surface area contributed by atoms with Gasteiger partial charge in [0.05, 0.1) is 21.4 Å². The van der Waals surface area contributed by atoms with Gasteiger partial charge in [0, 0.05) is 19.3 Å². The van der Waals surface area contributed by atoms with Crippen molar-refractivity contribution in [3.8, 4) is 0 Å². The van der Waals surface area contributed by atoms with Gasteiger partial charge in [-0.25, -0.2) is 0 Å². The molecule has 0 radical (unpaired) electrons. The molecule has 0 spiro atoms. The third-order valence-corrected chi connectivity index (χ3v) is 3.84. The van der Waals surface area contributed by atoms with Gasteiger partial charge >= 0.3 is 0 Å². The molecule has 0 N–H and O–H groups in total. The van der Waals surface area contributed by atoms with Gasteiger partial charge in [-0.1, -0.05) is 12.1 Å². The molecule has 3 heteroatoms. The van der Waals surface area contributed by atoms with Gasteiger partial charge in [-0.15, -0.1) is 0 Å². The van der Waals surface area contributed by atoms with Crippen molar-refractivity contribution >= 4 is 16.5 Å². The minimum Gasteiger partial charge on any atom is -0.374 e. The average molecular weight is 195 g/mol. The van der Waals surface area contributed by atoms with Gasteiger partial charge in [-0.2, -0.15) is 0 Å². The molecule has 0 bridgehead atoms. The third kappa shape index (κ3) is 1.61. The Balaban J connectivity index is 2.51. The Morgan fingerprint density at radius 2 is 2.15 bits per heavy atom.